The predicted molar refractivity (Wildman–Crippen MR) is 143 cm³/mol. The highest BCUT2D eigenvalue weighted by Crippen LogP contribution is 2.33. The molecule has 6 nitrogen and oxygen atoms in total. The number of unbranched alkanes of at least 4 members (excludes halogenated alkanes) is 1. The number of ether oxygens (including phenoxy) is 3. The van der Waals surface area contributed by atoms with Gasteiger partial charge in [0, 0.05) is 23.6 Å². The van der Waals surface area contributed by atoms with Crippen LogP contribution >= 0.6 is 0 Å². The van der Waals surface area contributed by atoms with Gasteiger partial charge in [0.15, 0.2) is 17.3 Å². The van der Waals surface area contributed by atoms with E-state index >= 15 is 0 Å². The van der Waals surface area contributed by atoms with Crippen LogP contribution in [0.3, 0.4) is 0 Å². The highest BCUT2D eigenvalue weighted by atomic mass is 16.5. The van der Waals surface area contributed by atoms with E-state index < -0.39 is 0 Å². The number of furan rings is 1. The second kappa shape index (κ2) is 11.6. The number of aryl methyl sites for hydroxylation is 1. The van der Waals surface area contributed by atoms with Gasteiger partial charge in [0.1, 0.15) is 17.1 Å². The van der Waals surface area contributed by atoms with Crippen LogP contribution in [0.1, 0.15) is 53.9 Å². The summed E-state index contributed by atoms with van der Waals surface area (Å²) in [6.45, 7) is 4.62. The lowest BCUT2D eigenvalue weighted by Crippen LogP contribution is -2.04. The Morgan fingerprint density at radius 2 is 1.75 bits per heavy atom. The van der Waals surface area contributed by atoms with Crippen molar-refractivity contribution in [2.24, 2.45) is 4.99 Å². The second-order valence-electron chi connectivity index (χ2n) is 8.34. The Bertz CT molecular complexity index is 1370. The molecule has 0 atom stereocenters. The minimum Gasteiger partial charge on any atom is -0.497 e. The van der Waals surface area contributed by atoms with E-state index in [1.54, 1.807) is 44.7 Å². The van der Waals surface area contributed by atoms with Crippen molar-refractivity contribution in [2.45, 2.75) is 33.1 Å². The number of aliphatic imine (C=N–C) groups is 1. The molecular weight excluding hydrogens is 454 g/mol. The smallest absolute Gasteiger partial charge is 0.197 e. The first-order valence-corrected chi connectivity index (χ1v) is 12.2. The summed E-state index contributed by atoms with van der Waals surface area (Å²) in [7, 11) is 3.22. The molecule has 0 fully saturated rings. The number of carbonyl (C=O) groups excluding carboxylic acids is 1. The van der Waals surface area contributed by atoms with Gasteiger partial charge in [-0.05, 0) is 79.6 Å². The molecule has 0 N–H and O–H groups in total. The van der Waals surface area contributed by atoms with Gasteiger partial charge < -0.3 is 18.6 Å². The Kier molecular flexibility index (Phi) is 8.06. The van der Waals surface area contributed by atoms with Crippen molar-refractivity contribution in [3.63, 3.8) is 0 Å². The number of hydrogen-bond acceptors (Lipinski definition) is 6. The normalized spacial score (nSPS) is 11.2. The molecule has 186 valence electrons. The topological polar surface area (TPSA) is 70.3 Å². The minimum absolute atomic E-state index is 0.0696. The molecule has 3 aromatic carbocycles. The lowest BCUT2D eigenvalue weighted by molar-refractivity contribution is 0.103. The fourth-order valence-electron chi connectivity index (χ4n) is 4.05. The third kappa shape index (κ3) is 5.43. The highest BCUT2D eigenvalue weighted by molar-refractivity contribution is 6.17. The molecule has 0 bridgehead atoms. The van der Waals surface area contributed by atoms with Crippen molar-refractivity contribution >= 4 is 28.7 Å². The summed E-state index contributed by atoms with van der Waals surface area (Å²) in [5.41, 5.74) is 3.47. The Morgan fingerprint density at radius 3 is 2.44 bits per heavy atom. The number of hydrogen-bond donors (Lipinski definition) is 0. The van der Waals surface area contributed by atoms with Crippen LogP contribution in [0.5, 0.6) is 17.2 Å². The molecule has 1 heterocycles. The maximum absolute atomic E-state index is 13.6. The van der Waals surface area contributed by atoms with E-state index in [0.717, 1.165) is 29.5 Å². The molecule has 0 aliphatic heterocycles. The van der Waals surface area contributed by atoms with Crippen molar-refractivity contribution in [1.82, 2.24) is 0 Å². The van der Waals surface area contributed by atoms with Gasteiger partial charge in [0.2, 0.25) is 0 Å². The summed E-state index contributed by atoms with van der Waals surface area (Å²) < 4.78 is 22.4. The van der Waals surface area contributed by atoms with E-state index in [9.17, 15) is 4.79 Å². The molecule has 4 aromatic rings. The molecule has 0 saturated carbocycles. The van der Waals surface area contributed by atoms with E-state index in [2.05, 4.69) is 11.9 Å². The summed E-state index contributed by atoms with van der Waals surface area (Å²) in [4.78, 5) is 18.2. The maximum atomic E-state index is 13.6. The zero-order valence-corrected chi connectivity index (χ0v) is 21.2. The Hall–Kier alpha value is -4.06. The first-order chi connectivity index (χ1) is 17.6. The van der Waals surface area contributed by atoms with Crippen LogP contribution in [0.2, 0.25) is 0 Å². The molecule has 0 aliphatic carbocycles. The average Bonchev–Trinajstić information content (AvgIpc) is 3.28. The number of methoxy groups -OCH3 is 2. The van der Waals surface area contributed by atoms with Crippen LogP contribution in [0, 0.1) is 0 Å². The lowest BCUT2D eigenvalue weighted by Gasteiger charge is -2.09. The minimum atomic E-state index is -0.0696. The highest BCUT2D eigenvalue weighted by Gasteiger charge is 2.22. The fourth-order valence-corrected chi connectivity index (χ4v) is 4.05. The van der Waals surface area contributed by atoms with Gasteiger partial charge in [-0.1, -0.05) is 13.3 Å². The summed E-state index contributed by atoms with van der Waals surface area (Å²) in [6.07, 6.45) is 4.41. The molecule has 0 spiro atoms. The average molecular weight is 486 g/mol. The summed E-state index contributed by atoms with van der Waals surface area (Å²) in [5, 5.41) is 0.765. The van der Waals surface area contributed by atoms with Crippen LogP contribution in [-0.4, -0.2) is 32.8 Å². The van der Waals surface area contributed by atoms with E-state index in [1.165, 1.54) is 0 Å². The third-order valence-electron chi connectivity index (χ3n) is 5.93. The zero-order chi connectivity index (χ0) is 25.5. The van der Waals surface area contributed by atoms with Crippen molar-refractivity contribution in [3.8, 4) is 17.2 Å². The zero-order valence-electron chi connectivity index (χ0n) is 21.2. The third-order valence-corrected chi connectivity index (χ3v) is 5.93. The number of carbonyl (C=O) groups is 1. The number of benzene rings is 3. The molecule has 36 heavy (non-hydrogen) atoms. The maximum Gasteiger partial charge on any atom is 0.197 e. The monoisotopic (exact) mass is 485 g/mol. The molecule has 0 aliphatic rings. The summed E-state index contributed by atoms with van der Waals surface area (Å²) >= 11 is 0. The molecular formula is C30H31NO5. The van der Waals surface area contributed by atoms with Gasteiger partial charge >= 0.3 is 0 Å². The summed E-state index contributed by atoms with van der Waals surface area (Å²) in [5.74, 6) is 2.69. The SMILES string of the molecule is CCCCc1oc2ccc(N=Cc3ccc(OCC)c(OC)c3)cc2c1C(=O)c1ccc(OC)cc1. The Morgan fingerprint density at radius 1 is 0.944 bits per heavy atom. The van der Waals surface area contributed by atoms with Crippen LogP contribution in [-0.2, 0) is 6.42 Å². The van der Waals surface area contributed by atoms with Crippen molar-refractivity contribution in [1.29, 1.82) is 0 Å². The lowest BCUT2D eigenvalue weighted by atomic mass is 9.98. The molecule has 6 heteroatoms. The van der Waals surface area contributed by atoms with Gasteiger partial charge in [-0.2, -0.15) is 0 Å². The van der Waals surface area contributed by atoms with Gasteiger partial charge in [-0.25, -0.2) is 0 Å². The molecule has 0 unspecified atom stereocenters. The van der Waals surface area contributed by atoms with Gasteiger partial charge in [0.25, 0.3) is 0 Å². The molecule has 4 rings (SSSR count). The van der Waals surface area contributed by atoms with Crippen LogP contribution < -0.4 is 14.2 Å². The first kappa shape index (κ1) is 25.0. The van der Waals surface area contributed by atoms with Crippen LogP contribution in [0.25, 0.3) is 11.0 Å². The van der Waals surface area contributed by atoms with Gasteiger partial charge in [-0.3, -0.25) is 9.79 Å². The van der Waals surface area contributed by atoms with E-state index in [0.29, 0.717) is 52.7 Å². The van der Waals surface area contributed by atoms with Crippen LogP contribution in [0.15, 0.2) is 70.1 Å². The number of ketones is 1. The summed E-state index contributed by atoms with van der Waals surface area (Å²) in [6, 6.07) is 18.5. The van der Waals surface area contributed by atoms with E-state index in [-0.39, 0.29) is 5.78 Å². The van der Waals surface area contributed by atoms with E-state index in [1.807, 2.05) is 43.3 Å². The fraction of sp³-hybridized carbons (Fsp3) is 0.267. The van der Waals surface area contributed by atoms with Crippen LogP contribution in [0.4, 0.5) is 5.69 Å². The van der Waals surface area contributed by atoms with E-state index in [4.69, 9.17) is 18.6 Å². The first-order valence-electron chi connectivity index (χ1n) is 12.2. The molecule has 0 amide bonds. The Balaban J connectivity index is 1.70. The number of nitrogens with zero attached hydrogens (tertiary/aromatic N) is 1. The second-order valence-corrected chi connectivity index (χ2v) is 8.34. The number of rotatable bonds is 11. The van der Waals surface area contributed by atoms with Crippen molar-refractivity contribution < 1.29 is 23.4 Å². The quantitative estimate of drug-likeness (QED) is 0.166. The molecule has 1 aromatic heterocycles. The van der Waals surface area contributed by atoms with Crippen molar-refractivity contribution in [2.75, 3.05) is 20.8 Å². The molecule has 0 saturated heterocycles. The number of fused-ring (bicyclic) bond motifs is 1. The predicted octanol–water partition coefficient (Wildman–Crippen LogP) is 7.17. The molecule has 0 radical (unpaired) electrons. The largest absolute Gasteiger partial charge is 0.497 e. The Labute approximate surface area is 211 Å². The van der Waals surface area contributed by atoms with Gasteiger partial charge in [-0.15, -0.1) is 0 Å². The van der Waals surface area contributed by atoms with Gasteiger partial charge in [0.05, 0.1) is 32.1 Å². The van der Waals surface area contributed by atoms with Crippen molar-refractivity contribution in [3.05, 3.63) is 83.1 Å². The standard InChI is InChI=1S/C30H31NO5/c1-5-7-8-27-29(30(32)21-10-13-23(33-3)14-11-21)24-18-22(12-16-25(24)36-27)31-19-20-9-15-26(35-6-2)28(17-20)34-4/h9-19H,5-8H2,1-4H3.